The smallest absolute Gasteiger partial charge is 0.272 e. The van der Waals surface area contributed by atoms with E-state index in [4.69, 9.17) is 5.10 Å². The number of rotatable bonds is 7. The number of hydrogen-bond donors (Lipinski definition) is 1. The first kappa shape index (κ1) is 22.5. The summed E-state index contributed by atoms with van der Waals surface area (Å²) in [5.41, 5.74) is 6.75. The van der Waals surface area contributed by atoms with Crippen LogP contribution in [-0.2, 0) is 32.6 Å². The highest BCUT2D eigenvalue weighted by atomic mass is 32.1. The highest BCUT2D eigenvalue weighted by Crippen LogP contribution is 2.26. The molecule has 3 aromatic heterocycles. The van der Waals surface area contributed by atoms with Crippen molar-refractivity contribution < 1.29 is 4.79 Å². The summed E-state index contributed by atoms with van der Waals surface area (Å²) >= 11 is 1.53. The van der Waals surface area contributed by atoms with E-state index in [2.05, 4.69) is 43.4 Å². The van der Waals surface area contributed by atoms with Crippen molar-refractivity contribution in [2.24, 2.45) is 0 Å². The predicted octanol–water partition coefficient (Wildman–Crippen LogP) is 3.82. The summed E-state index contributed by atoms with van der Waals surface area (Å²) < 4.78 is 2.00. The molecule has 0 atom stereocenters. The molecule has 180 valence electrons. The van der Waals surface area contributed by atoms with Crippen molar-refractivity contribution in [3.8, 4) is 0 Å². The second-order valence-corrected chi connectivity index (χ2v) is 9.81. The molecule has 2 aromatic carbocycles. The molecule has 8 nitrogen and oxygen atoms in total. The predicted molar refractivity (Wildman–Crippen MR) is 138 cm³/mol. The van der Waals surface area contributed by atoms with E-state index in [0.717, 1.165) is 57.9 Å². The Morgan fingerprint density at radius 3 is 2.72 bits per heavy atom. The zero-order valence-corrected chi connectivity index (χ0v) is 20.5. The molecule has 36 heavy (non-hydrogen) atoms. The lowest BCUT2D eigenvalue weighted by Gasteiger charge is -2.28. The third-order valence-electron chi connectivity index (χ3n) is 6.46. The first-order chi connectivity index (χ1) is 17.7. The normalized spacial score (nSPS) is 13.6. The Hall–Kier alpha value is -3.95. The van der Waals surface area contributed by atoms with Crippen LogP contribution in [0, 0.1) is 0 Å². The molecule has 1 aliphatic rings. The molecule has 6 rings (SSSR count). The molecule has 0 spiro atoms. The van der Waals surface area contributed by atoms with Gasteiger partial charge in [0.1, 0.15) is 5.01 Å². The zero-order valence-electron chi connectivity index (χ0n) is 19.7. The van der Waals surface area contributed by atoms with Crippen LogP contribution in [0.2, 0.25) is 0 Å². The van der Waals surface area contributed by atoms with E-state index in [0.29, 0.717) is 25.3 Å². The minimum atomic E-state index is -0.161. The molecule has 1 amide bonds. The minimum absolute atomic E-state index is 0.161. The fourth-order valence-electron chi connectivity index (χ4n) is 4.75. The first-order valence-electron chi connectivity index (χ1n) is 11.9. The highest BCUT2D eigenvalue weighted by molar-refractivity contribution is 7.09. The quantitative estimate of drug-likeness (QED) is 0.369. The fraction of sp³-hybridized carbons (Fsp3) is 0.222. The Morgan fingerprint density at radius 1 is 0.972 bits per heavy atom. The van der Waals surface area contributed by atoms with Crippen molar-refractivity contribution in [2.45, 2.75) is 32.6 Å². The van der Waals surface area contributed by atoms with Crippen LogP contribution in [0.1, 0.15) is 37.9 Å². The van der Waals surface area contributed by atoms with E-state index >= 15 is 0 Å². The second-order valence-electron chi connectivity index (χ2n) is 8.83. The van der Waals surface area contributed by atoms with Crippen molar-refractivity contribution in [3.63, 3.8) is 0 Å². The molecule has 4 heterocycles. The third-order valence-corrected chi connectivity index (χ3v) is 7.24. The molecule has 0 fully saturated rings. The number of hydrogen-bond acceptors (Lipinski definition) is 7. The number of para-hydroxylation sites is 1. The summed E-state index contributed by atoms with van der Waals surface area (Å²) in [6.07, 6.45) is 6.03. The Balaban J connectivity index is 1.28. The number of nitrogens with one attached hydrogen (secondary N) is 1. The largest absolute Gasteiger partial charge is 0.344 e. The number of benzene rings is 2. The van der Waals surface area contributed by atoms with Gasteiger partial charge in [0.05, 0.1) is 24.1 Å². The lowest BCUT2D eigenvalue weighted by atomic mass is 10.0. The van der Waals surface area contributed by atoms with E-state index in [1.807, 2.05) is 40.4 Å². The summed E-state index contributed by atoms with van der Waals surface area (Å²) in [6.45, 7) is 3.31. The van der Waals surface area contributed by atoms with Crippen LogP contribution in [0.3, 0.4) is 0 Å². The van der Waals surface area contributed by atoms with Crippen molar-refractivity contribution in [2.75, 3.05) is 6.54 Å². The van der Waals surface area contributed by atoms with Gasteiger partial charge in [-0.3, -0.25) is 24.3 Å². The average molecular weight is 496 g/mol. The van der Waals surface area contributed by atoms with Gasteiger partial charge in [-0.15, -0.1) is 11.3 Å². The summed E-state index contributed by atoms with van der Waals surface area (Å²) in [7, 11) is 0. The first-order valence-corrected chi connectivity index (χ1v) is 12.8. The molecule has 0 unspecified atom stereocenters. The Labute approximate surface area is 212 Å². The van der Waals surface area contributed by atoms with Crippen molar-refractivity contribution in [3.05, 3.63) is 106 Å². The lowest BCUT2D eigenvalue weighted by Crippen LogP contribution is -2.32. The monoisotopic (exact) mass is 495 g/mol. The van der Waals surface area contributed by atoms with Crippen LogP contribution in [0.5, 0.6) is 0 Å². The second kappa shape index (κ2) is 9.96. The molecule has 0 radical (unpaired) electrons. The molecule has 0 aliphatic carbocycles. The van der Waals surface area contributed by atoms with Gasteiger partial charge in [-0.1, -0.05) is 42.5 Å². The molecule has 1 aliphatic heterocycles. The van der Waals surface area contributed by atoms with Gasteiger partial charge < -0.3 is 5.32 Å². The number of thiazole rings is 1. The van der Waals surface area contributed by atoms with Gasteiger partial charge in [0.2, 0.25) is 0 Å². The molecule has 1 N–H and O–H groups in total. The van der Waals surface area contributed by atoms with Crippen molar-refractivity contribution in [1.29, 1.82) is 0 Å². The SMILES string of the molecule is O=C(NCc1nccs1)c1nn(Cc2ccccc2)c2c1CN(Cc1cccc3nccnc13)CC2. The lowest BCUT2D eigenvalue weighted by molar-refractivity contribution is 0.0942. The van der Waals surface area contributed by atoms with Crippen LogP contribution in [-0.4, -0.2) is 42.1 Å². The zero-order chi connectivity index (χ0) is 24.3. The maximum Gasteiger partial charge on any atom is 0.272 e. The van der Waals surface area contributed by atoms with Gasteiger partial charge >= 0.3 is 0 Å². The molecule has 5 aromatic rings. The fourth-order valence-corrected chi connectivity index (χ4v) is 5.31. The summed E-state index contributed by atoms with van der Waals surface area (Å²) in [5, 5.41) is 10.6. The van der Waals surface area contributed by atoms with Crippen LogP contribution in [0.4, 0.5) is 0 Å². The number of nitrogens with zero attached hydrogens (tertiary/aromatic N) is 6. The van der Waals surface area contributed by atoms with Crippen LogP contribution in [0.25, 0.3) is 11.0 Å². The van der Waals surface area contributed by atoms with E-state index < -0.39 is 0 Å². The summed E-state index contributed by atoms with van der Waals surface area (Å²) in [5.74, 6) is -0.161. The molecular weight excluding hydrogens is 470 g/mol. The highest BCUT2D eigenvalue weighted by Gasteiger charge is 2.28. The molecule has 0 bridgehead atoms. The van der Waals surface area contributed by atoms with Gasteiger partial charge in [0.15, 0.2) is 5.69 Å². The molecular formula is C27H25N7OS. The van der Waals surface area contributed by atoms with Gasteiger partial charge in [-0.25, -0.2) is 4.98 Å². The van der Waals surface area contributed by atoms with E-state index in [1.54, 1.807) is 18.6 Å². The summed E-state index contributed by atoms with van der Waals surface area (Å²) in [6, 6.07) is 16.4. The number of aromatic nitrogens is 5. The molecule has 0 saturated carbocycles. The number of fused-ring (bicyclic) bond motifs is 2. The summed E-state index contributed by atoms with van der Waals surface area (Å²) in [4.78, 5) is 28.9. The van der Waals surface area contributed by atoms with Crippen LogP contribution >= 0.6 is 11.3 Å². The standard InChI is InChI=1S/C27H25N7OS/c35-27(31-15-24-29-12-14-36-24)26-21-18-33(17-20-7-4-8-22-25(20)30-11-10-28-22)13-9-23(21)34(32-26)16-19-5-2-1-3-6-19/h1-8,10-12,14H,9,13,15-18H2,(H,31,35). The maximum absolute atomic E-state index is 13.3. The number of carbonyl (C=O) groups excluding carboxylic acids is 1. The molecule has 0 saturated heterocycles. The Kier molecular flexibility index (Phi) is 6.23. The Morgan fingerprint density at radius 2 is 1.86 bits per heavy atom. The van der Waals surface area contributed by atoms with Crippen molar-refractivity contribution in [1.82, 2.24) is 34.9 Å². The van der Waals surface area contributed by atoms with Crippen molar-refractivity contribution >= 4 is 28.3 Å². The van der Waals surface area contributed by atoms with Gasteiger partial charge in [-0.2, -0.15) is 5.10 Å². The number of carbonyl (C=O) groups is 1. The third kappa shape index (κ3) is 4.62. The van der Waals surface area contributed by atoms with E-state index in [9.17, 15) is 4.79 Å². The molecule has 9 heteroatoms. The minimum Gasteiger partial charge on any atom is -0.344 e. The average Bonchev–Trinajstić information content (AvgIpc) is 3.56. The topological polar surface area (TPSA) is 88.8 Å². The van der Waals surface area contributed by atoms with Gasteiger partial charge in [-0.05, 0) is 17.2 Å². The van der Waals surface area contributed by atoms with Crippen LogP contribution in [0.15, 0.2) is 72.5 Å². The van der Waals surface area contributed by atoms with Gasteiger partial charge in [0, 0.05) is 61.3 Å². The maximum atomic E-state index is 13.3. The van der Waals surface area contributed by atoms with Gasteiger partial charge in [0.25, 0.3) is 5.91 Å². The van der Waals surface area contributed by atoms with E-state index in [1.165, 1.54) is 11.3 Å². The van der Waals surface area contributed by atoms with E-state index in [-0.39, 0.29) is 5.91 Å². The van der Waals surface area contributed by atoms with Crippen LogP contribution < -0.4 is 5.32 Å². The Bertz CT molecular complexity index is 1490. The number of amides is 1.